The van der Waals surface area contributed by atoms with E-state index in [0.717, 1.165) is 38.4 Å². The zero-order valence-electron chi connectivity index (χ0n) is 10.2. The van der Waals surface area contributed by atoms with Crippen molar-refractivity contribution in [1.29, 1.82) is 0 Å². The van der Waals surface area contributed by atoms with E-state index in [-0.39, 0.29) is 17.1 Å². The topological polar surface area (TPSA) is 43.8 Å². The van der Waals surface area contributed by atoms with Crippen molar-refractivity contribution in [2.45, 2.75) is 5.41 Å². The van der Waals surface area contributed by atoms with Crippen molar-refractivity contribution >= 4 is 5.78 Å². The number of piperidine rings is 2. The molecule has 4 nitrogen and oxygen atoms in total. The average Bonchev–Trinajstić information content (AvgIpc) is 2.35. The lowest BCUT2D eigenvalue weighted by Crippen LogP contribution is -2.73. The Balaban J connectivity index is 1.82. The zero-order valence-corrected chi connectivity index (χ0v) is 10.2. The minimum atomic E-state index is -0.354. The molecule has 18 heavy (non-hydrogen) atoms. The van der Waals surface area contributed by atoms with Gasteiger partial charge in [0, 0.05) is 32.1 Å². The molecule has 4 fully saturated rings. The third kappa shape index (κ3) is 1.25. The Bertz CT molecular complexity index is 497. The molecule has 1 N–H and O–H groups in total. The van der Waals surface area contributed by atoms with E-state index in [4.69, 9.17) is 0 Å². The summed E-state index contributed by atoms with van der Waals surface area (Å²) >= 11 is 0. The van der Waals surface area contributed by atoms with Gasteiger partial charge in [0.05, 0.1) is 12.1 Å². The molecular weight excluding hydrogens is 228 g/mol. The molecule has 0 aliphatic carbocycles. The van der Waals surface area contributed by atoms with Crippen molar-refractivity contribution in [2.24, 2.45) is 5.92 Å². The smallest absolute Gasteiger partial charge is 0.151 e. The molecule has 0 saturated carbocycles. The number of carbonyl (C=O) groups is 1. The minimum Gasteiger partial charge on any atom is -0.508 e. The highest BCUT2D eigenvalue weighted by Crippen LogP contribution is 2.42. The van der Waals surface area contributed by atoms with Crippen LogP contribution in [0.25, 0.3) is 0 Å². The third-order valence-corrected chi connectivity index (χ3v) is 4.61. The fourth-order valence-corrected chi connectivity index (χ4v) is 3.94. The Labute approximate surface area is 106 Å². The number of aromatic hydroxyl groups is 1. The van der Waals surface area contributed by atoms with E-state index < -0.39 is 0 Å². The number of benzene rings is 1. The van der Waals surface area contributed by atoms with Crippen LogP contribution >= 0.6 is 0 Å². The highest BCUT2D eigenvalue weighted by molar-refractivity contribution is 5.95. The Hall–Kier alpha value is -1.39. The second-order valence-electron chi connectivity index (χ2n) is 5.85. The van der Waals surface area contributed by atoms with Crippen molar-refractivity contribution in [2.75, 3.05) is 32.8 Å². The summed E-state index contributed by atoms with van der Waals surface area (Å²) in [6, 6.07) is 7.18. The molecule has 4 aliphatic rings. The van der Waals surface area contributed by atoms with Crippen LogP contribution in [0.4, 0.5) is 0 Å². The lowest BCUT2D eigenvalue weighted by Gasteiger charge is -2.58. The molecule has 0 aromatic heterocycles. The van der Waals surface area contributed by atoms with Gasteiger partial charge in [-0.1, -0.05) is 12.1 Å². The van der Waals surface area contributed by atoms with E-state index in [1.807, 2.05) is 12.1 Å². The molecule has 4 bridgehead atoms. The summed E-state index contributed by atoms with van der Waals surface area (Å²) in [6.07, 6.45) is 0. The van der Waals surface area contributed by atoms with Crippen molar-refractivity contribution in [1.82, 2.24) is 9.80 Å². The summed E-state index contributed by atoms with van der Waals surface area (Å²) in [4.78, 5) is 17.4. The van der Waals surface area contributed by atoms with Crippen molar-refractivity contribution in [3.63, 3.8) is 0 Å². The summed E-state index contributed by atoms with van der Waals surface area (Å²) in [5, 5.41) is 9.40. The van der Waals surface area contributed by atoms with Gasteiger partial charge in [-0.2, -0.15) is 0 Å². The fraction of sp³-hybridized carbons (Fsp3) is 0.500. The van der Waals surface area contributed by atoms with Crippen LogP contribution < -0.4 is 0 Å². The standard InChI is InChI=1S/C14H16N2O2/c17-12-3-1-11(2-4-12)14-7-15-5-10(13(14)18)6-16(8-14)9-15/h1-4,10,17H,5-9H2. The van der Waals surface area contributed by atoms with Gasteiger partial charge >= 0.3 is 0 Å². The van der Waals surface area contributed by atoms with Gasteiger partial charge < -0.3 is 5.11 Å². The SMILES string of the molecule is O=C1C2CN3CN(C2)CC1(c1ccc(O)cc1)C3. The van der Waals surface area contributed by atoms with Gasteiger partial charge in [-0.3, -0.25) is 14.6 Å². The van der Waals surface area contributed by atoms with E-state index >= 15 is 0 Å². The van der Waals surface area contributed by atoms with E-state index in [0.29, 0.717) is 5.78 Å². The highest BCUT2D eigenvalue weighted by Gasteiger charge is 2.56. The Kier molecular flexibility index (Phi) is 1.95. The average molecular weight is 244 g/mol. The summed E-state index contributed by atoms with van der Waals surface area (Å²) in [7, 11) is 0. The maximum Gasteiger partial charge on any atom is 0.151 e. The number of Topliss-reactive ketones (excluding diaryl/α,β-unsaturated/α-hetero) is 1. The van der Waals surface area contributed by atoms with Crippen LogP contribution in [0.5, 0.6) is 5.75 Å². The molecule has 1 aromatic carbocycles. The van der Waals surface area contributed by atoms with E-state index in [1.165, 1.54) is 0 Å². The molecule has 4 aliphatic heterocycles. The number of rotatable bonds is 1. The van der Waals surface area contributed by atoms with Crippen LogP contribution in [0.3, 0.4) is 0 Å². The predicted molar refractivity (Wildman–Crippen MR) is 66.3 cm³/mol. The Morgan fingerprint density at radius 1 is 1.11 bits per heavy atom. The quantitative estimate of drug-likeness (QED) is 0.777. The van der Waals surface area contributed by atoms with Crippen molar-refractivity contribution in [3.05, 3.63) is 29.8 Å². The molecule has 5 rings (SSSR count). The molecule has 2 atom stereocenters. The first-order chi connectivity index (χ1) is 8.67. The molecule has 0 amide bonds. The van der Waals surface area contributed by atoms with Crippen LogP contribution in [0.1, 0.15) is 5.56 Å². The molecule has 4 saturated heterocycles. The molecule has 0 radical (unpaired) electrons. The van der Waals surface area contributed by atoms with Crippen LogP contribution in [-0.4, -0.2) is 53.5 Å². The summed E-state index contributed by atoms with van der Waals surface area (Å²) in [6.45, 7) is 4.53. The first-order valence-electron chi connectivity index (χ1n) is 6.46. The van der Waals surface area contributed by atoms with E-state index in [2.05, 4.69) is 9.80 Å². The molecule has 2 unspecified atom stereocenters. The summed E-state index contributed by atoms with van der Waals surface area (Å²) in [5.74, 6) is 0.840. The van der Waals surface area contributed by atoms with Crippen molar-refractivity contribution < 1.29 is 9.90 Å². The Morgan fingerprint density at radius 2 is 1.72 bits per heavy atom. The largest absolute Gasteiger partial charge is 0.508 e. The normalized spacial score (nSPS) is 41.3. The van der Waals surface area contributed by atoms with Gasteiger partial charge in [-0.05, 0) is 17.7 Å². The lowest BCUT2D eigenvalue weighted by atomic mass is 9.65. The van der Waals surface area contributed by atoms with Gasteiger partial charge in [0.1, 0.15) is 5.75 Å². The van der Waals surface area contributed by atoms with Crippen LogP contribution in [0, 0.1) is 5.92 Å². The third-order valence-electron chi connectivity index (χ3n) is 4.61. The highest BCUT2D eigenvalue weighted by atomic mass is 16.3. The van der Waals surface area contributed by atoms with Crippen LogP contribution in [0.2, 0.25) is 0 Å². The maximum atomic E-state index is 12.7. The van der Waals surface area contributed by atoms with Crippen LogP contribution in [-0.2, 0) is 10.2 Å². The maximum absolute atomic E-state index is 12.7. The number of hydrogen-bond acceptors (Lipinski definition) is 4. The zero-order chi connectivity index (χ0) is 12.3. The van der Waals surface area contributed by atoms with Gasteiger partial charge in [-0.15, -0.1) is 0 Å². The number of phenolic OH excluding ortho intramolecular Hbond substituents is 1. The van der Waals surface area contributed by atoms with Gasteiger partial charge in [0.25, 0.3) is 0 Å². The van der Waals surface area contributed by atoms with E-state index in [9.17, 15) is 9.90 Å². The van der Waals surface area contributed by atoms with Gasteiger partial charge in [0.15, 0.2) is 5.78 Å². The van der Waals surface area contributed by atoms with Gasteiger partial charge in [0.2, 0.25) is 0 Å². The Morgan fingerprint density at radius 3 is 2.33 bits per heavy atom. The lowest BCUT2D eigenvalue weighted by molar-refractivity contribution is -0.153. The molecular formula is C14H16N2O2. The van der Waals surface area contributed by atoms with Gasteiger partial charge in [-0.25, -0.2) is 0 Å². The first-order valence-corrected chi connectivity index (χ1v) is 6.46. The molecule has 94 valence electrons. The molecule has 4 heterocycles. The summed E-state index contributed by atoms with van der Waals surface area (Å²) < 4.78 is 0. The second kappa shape index (κ2) is 3.33. The second-order valence-corrected chi connectivity index (χ2v) is 5.85. The monoisotopic (exact) mass is 244 g/mol. The molecule has 1 aromatic rings. The fourth-order valence-electron chi connectivity index (χ4n) is 3.94. The molecule has 4 heteroatoms. The first kappa shape index (κ1) is 10.5. The number of carbonyl (C=O) groups excluding carboxylic acids is 1. The number of ketones is 1. The predicted octanol–water partition coefficient (Wildman–Crippen LogP) is 0.418. The van der Waals surface area contributed by atoms with Crippen LogP contribution in [0.15, 0.2) is 24.3 Å². The van der Waals surface area contributed by atoms with Crippen molar-refractivity contribution in [3.8, 4) is 5.75 Å². The minimum absolute atomic E-state index is 0.176. The molecule has 0 spiro atoms. The number of phenols is 1. The summed E-state index contributed by atoms with van der Waals surface area (Å²) in [5.41, 5.74) is 0.706. The van der Waals surface area contributed by atoms with E-state index in [1.54, 1.807) is 12.1 Å². The number of nitrogens with zero attached hydrogens (tertiary/aromatic N) is 2. The number of hydrogen-bond donors (Lipinski definition) is 1.